The number of pyridine rings is 8. The van der Waals surface area contributed by atoms with Gasteiger partial charge in [-0.05, 0) is 223 Å². The van der Waals surface area contributed by atoms with Gasteiger partial charge < -0.3 is 46.2 Å². The number of likely N-dealkylation sites (tertiary alicyclic amines) is 1. The second-order valence-electron chi connectivity index (χ2n) is 29.6. The first kappa shape index (κ1) is 90.2. The molecule has 0 aliphatic carbocycles. The van der Waals surface area contributed by atoms with Crippen LogP contribution in [0.4, 0.5) is 46.0 Å². The van der Waals surface area contributed by atoms with Crippen LogP contribution in [0, 0.1) is 27.7 Å². The van der Waals surface area contributed by atoms with E-state index < -0.39 is 19.9 Å². The lowest BCUT2D eigenvalue weighted by Gasteiger charge is -2.34. The molecule has 4 saturated heterocycles. The molecule has 5 N–H and O–H groups in total. The Morgan fingerprint density at radius 1 is 0.395 bits per heavy atom. The maximum Gasteiger partial charge on any atom is 0.257 e. The van der Waals surface area contributed by atoms with Crippen molar-refractivity contribution < 1.29 is 36.0 Å². The molecule has 33 heteroatoms. The third kappa shape index (κ3) is 24.3. The first-order valence-corrected chi connectivity index (χ1v) is 46.5. The zero-order chi connectivity index (χ0) is 87.4. The lowest BCUT2D eigenvalue weighted by Crippen LogP contribution is -2.48. The van der Waals surface area contributed by atoms with E-state index in [2.05, 4.69) is 76.3 Å². The number of piperazine rings is 1. The number of hydrogen-bond acceptors (Lipinski definition) is 22. The van der Waals surface area contributed by atoms with E-state index in [4.69, 9.17) is 46.4 Å². The Balaban J connectivity index is 0.000000142. The molecule has 26 nitrogen and oxygen atoms in total. The smallest absolute Gasteiger partial charge is 0.257 e. The number of halogens is 4. The molecule has 0 bridgehead atoms. The first-order chi connectivity index (χ1) is 59.8. The summed E-state index contributed by atoms with van der Waals surface area (Å²) in [6.07, 6.45) is 10.6. The van der Waals surface area contributed by atoms with Gasteiger partial charge in [0.25, 0.3) is 23.6 Å². The third-order valence-corrected chi connectivity index (χ3v) is 26.1. The van der Waals surface area contributed by atoms with E-state index in [0.29, 0.717) is 133 Å². The van der Waals surface area contributed by atoms with E-state index in [1.807, 2.05) is 145 Å². The lowest BCUT2D eigenvalue weighted by molar-refractivity contribution is 0.101. The van der Waals surface area contributed by atoms with Crippen molar-refractivity contribution in [1.29, 1.82) is 0 Å². The lowest BCUT2D eigenvalue weighted by atomic mass is 10.1. The van der Waals surface area contributed by atoms with Crippen LogP contribution >= 0.6 is 58.2 Å². The number of thioether (sulfide) groups is 1. The van der Waals surface area contributed by atoms with Crippen LogP contribution in [0.1, 0.15) is 77.0 Å². The number of aromatic nitrogens is 8. The van der Waals surface area contributed by atoms with Gasteiger partial charge in [0.2, 0.25) is 10.0 Å². The van der Waals surface area contributed by atoms with Gasteiger partial charge >= 0.3 is 0 Å². The van der Waals surface area contributed by atoms with Gasteiger partial charge in [-0.1, -0.05) is 70.7 Å². The molecule has 4 aliphatic heterocycles. The van der Waals surface area contributed by atoms with E-state index in [9.17, 15) is 36.0 Å². The summed E-state index contributed by atoms with van der Waals surface area (Å²) in [5.74, 6) is 4.62. The van der Waals surface area contributed by atoms with Crippen molar-refractivity contribution in [2.24, 2.45) is 0 Å². The predicted octanol–water partition coefficient (Wildman–Crippen LogP) is 16.8. The van der Waals surface area contributed by atoms with E-state index in [-0.39, 0.29) is 35.1 Å². The highest BCUT2D eigenvalue weighted by molar-refractivity contribution is 7.99. The summed E-state index contributed by atoms with van der Waals surface area (Å²) in [5.41, 5.74) is 13.1. The van der Waals surface area contributed by atoms with Crippen molar-refractivity contribution in [1.82, 2.24) is 49.1 Å². The number of anilines is 8. The van der Waals surface area contributed by atoms with Gasteiger partial charge in [0.15, 0.2) is 9.84 Å². The summed E-state index contributed by atoms with van der Waals surface area (Å²) >= 11 is 27.3. The second-order valence-corrected chi connectivity index (χ2v) is 36.7. The van der Waals surface area contributed by atoms with Gasteiger partial charge in [-0.25, -0.2) is 36.8 Å². The molecule has 16 rings (SSSR count). The number of aryl methyl sites for hydroxylation is 4. The first-order valence-electron chi connectivity index (χ1n) is 40.2. The van der Waals surface area contributed by atoms with Crippen molar-refractivity contribution in [3.8, 4) is 45.0 Å². The zero-order valence-corrected chi connectivity index (χ0v) is 74.3. The van der Waals surface area contributed by atoms with Gasteiger partial charge in [0.1, 0.15) is 23.3 Å². The van der Waals surface area contributed by atoms with Crippen LogP contribution in [0.5, 0.6) is 0 Å². The maximum atomic E-state index is 12.9. The monoisotopic (exact) mass is 1800 g/mol. The SMILES string of the molecule is Cc1nc(N2CCN(S(C)(=O)=O)CC2)ccc1C(=O)Nc1ccc(Cl)c(-c2ccccn2)c1.Cc1nc(N2CCS(=O)(=O)CC2)ccc1C(=O)Nc1ccc(Cl)c(-c2ccccn2)c1.Cc1nc(N2CCSCC2)ccc1C(=O)Nc1ccc(Cl)c(-c2ccccn2)c1.Cc1nc(NCCN2CCCC2)ccc1C(=O)Nc1ccc(Cl)c(-c2ccccn2)c1. The number of benzene rings is 4. The standard InChI is InChI=1S/C24H26ClN5O.C23H24ClN5O3S.C22H21ClN4O3S.C22H21ClN4OS/c1-17-19(8-10-23(28-17)27-12-15-30-13-4-5-14-30)24(31)29-18-7-9-21(25)20(16-18)22-6-2-3-11-26-22;1-16-18(7-9-22(26-16)28-11-13-29(14-12-28)33(2,31)32)23(30)27-17-6-8-20(24)19(15-17)21-5-3-4-10-25-21;1-15-17(6-8-21(25-15)27-10-12-31(29,30)13-11-27)22(28)26-16-5-7-19(23)18(14-16)20-4-2-3-9-24-20;1-15-17(6-8-21(25-15)27-10-12-29-13-11-27)22(28)26-16-5-7-19(23)18(14-16)20-4-2-3-9-24-20/h2-3,6-11,16H,4-5,12-15H2,1H3,(H,27,28)(H,29,31);3-10,15H,11-14H2,1-2H3,(H,27,30);2-9,14H,10-13H2,1H3,(H,26,28);2-9,14H,10-13H2,1H3,(H,26,28). The number of carbonyl (C=O) groups is 4. The van der Waals surface area contributed by atoms with Crippen molar-refractivity contribution >= 4 is 148 Å². The molecule has 0 saturated carbocycles. The zero-order valence-electron chi connectivity index (χ0n) is 68.8. The van der Waals surface area contributed by atoms with Crippen molar-refractivity contribution in [3.63, 3.8) is 0 Å². The number of sulfone groups is 1. The number of amides is 4. The van der Waals surface area contributed by atoms with E-state index in [0.717, 1.165) is 100 Å². The van der Waals surface area contributed by atoms with Crippen LogP contribution in [0.25, 0.3) is 45.0 Å². The minimum Gasteiger partial charge on any atom is -0.369 e. The van der Waals surface area contributed by atoms with Crippen LogP contribution in [0.2, 0.25) is 20.1 Å². The number of hydrogen-bond donors (Lipinski definition) is 5. The molecule has 8 aromatic heterocycles. The van der Waals surface area contributed by atoms with Gasteiger partial charge in [-0.3, -0.25) is 39.1 Å². The second kappa shape index (κ2) is 42.2. The van der Waals surface area contributed by atoms with Crippen LogP contribution in [-0.2, 0) is 19.9 Å². The molecule has 0 atom stereocenters. The Labute approximate surface area is 746 Å². The Kier molecular flexibility index (Phi) is 30.7. The molecular weight excluding hydrogens is 1710 g/mol. The summed E-state index contributed by atoms with van der Waals surface area (Å²) in [5, 5.41) is 17.3. The fourth-order valence-electron chi connectivity index (χ4n) is 14.2. The highest BCUT2D eigenvalue weighted by atomic mass is 35.5. The molecule has 12 aromatic rings. The Hall–Kier alpha value is -11.5. The average Bonchev–Trinajstić information content (AvgIpc) is 1.51. The largest absolute Gasteiger partial charge is 0.369 e. The van der Waals surface area contributed by atoms with Crippen LogP contribution in [-0.4, -0.2) is 197 Å². The van der Waals surface area contributed by atoms with E-state index in [1.165, 1.54) is 36.5 Å². The van der Waals surface area contributed by atoms with Gasteiger partial charge in [-0.15, -0.1) is 0 Å². The molecule has 4 aliphatic rings. The molecular formula is C91H92Cl4N18O8S3. The van der Waals surface area contributed by atoms with Crippen LogP contribution < -0.4 is 41.3 Å². The summed E-state index contributed by atoms with van der Waals surface area (Å²) in [6.45, 7) is 16.2. The molecule has 124 heavy (non-hydrogen) atoms. The number of carbonyl (C=O) groups excluding carboxylic acids is 4. The molecule has 0 unspecified atom stereocenters. The van der Waals surface area contributed by atoms with Crippen molar-refractivity contribution in [2.75, 3.05) is 149 Å². The molecule has 0 radical (unpaired) electrons. The number of nitrogens with zero attached hydrogens (tertiary/aromatic N) is 13. The fourth-order valence-corrected chi connectivity index (χ4v) is 18.0. The molecule has 4 amide bonds. The fraction of sp³-hybridized carbons (Fsp3) is 0.253. The maximum absolute atomic E-state index is 12.9. The molecule has 4 aromatic carbocycles. The average molecular weight is 1800 g/mol. The summed E-state index contributed by atoms with van der Waals surface area (Å²) in [4.78, 5) is 95.8. The highest BCUT2D eigenvalue weighted by Gasteiger charge is 2.28. The number of nitrogens with one attached hydrogen (secondary N) is 5. The van der Waals surface area contributed by atoms with Crippen LogP contribution in [0.15, 0.2) is 219 Å². The van der Waals surface area contributed by atoms with Gasteiger partial charge in [0, 0.05) is 147 Å². The normalized spacial score (nSPS) is 14.5. The predicted molar refractivity (Wildman–Crippen MR) is 500 cm³/mol. The Morgan fingerprint density at radius 2 is 0.718 bits per heavy atom. The minimum absolute atomic E-state index is 0.116. The molecule has 12 heterocycles. The van der Waals surface area contributed by atoms with Crippen molar-refractivity contribution in [3.05, 3.63) is 284 Å². The number of sulfonamides is 1. The third-order valence-electron chi connectivity index (χ3n) is 20.9. The Bertz CT molecular complexity index is 6030. The van der Waals surface area contributed by atoms with E-state index in [1.54, 1.807) is 124 Å². The van der Waals surface area contributed by atoms with Crippen molar-refractivity contribution in [2.45, 2.75) is 40.5 Å². The van der Waals surface area contributed by atoms with Gasteiger partial charge in [0.05, 0.1) is 106 Å². The number of rotatable bonds is 20. The quantitative estimate of drug-likeness (QED) is 0.0473. The van der Waals surface area contributed by atoms with Gasteiger partial charge in [-0.2, -0.15) is 16.1 Å². The molecule has 0 spiro atoms. The van der Waals surface area contributed by atoms with E-state index >= 15 is 0 Å². The summed E-state index contributed by atoms with van der Waals surface area (Å²) in [6, 6.07) is 58.1. The highest BCUT2D eigenvalue weighted by Crippen LogP contribution is 2.35. The van der Waals surface area contributed by atoms with Crippen LogP contribution in [0.3, 0.4) is 0 Å². The minimum atomic E-state index is -3.19. The Morgan fingerprint density at radius 3 is 1.03 bits per heavy atom. The molecule has 640 valence electrons. The summed E-state index contributed by atoms with van der Waals surface area (Å²) < 4.78 is 48.2. The molecule has 4 fully saturated rings. The summed E-state index contributed by atoms with van der Waals surface area (Å²) in [7, 11) is -6.15. The topological polar surface area (TPSA) is 316 Å².